The van der Waals surface area contributed by atoms with Crippen molar-refractivity contribution in [1.82, 2.24) is 19.5 Å². The maximum absolute atomic E-state index is 11.8. The summed E-state index contributed by atoms with van der Waals surface area (Å²) in [4.78, 5) is 47.1. The molecular weight excluding hydrogens is 414 g/mol. The van der Waals surface area contributed by atoms with Gasteiger partial charge in [-0.2, -0.15) is 4.98 Å². The van der Waals surface area contributed by atoms with Gasteiger partial charge in [0, 0.05) is 27.3 Å². The lowest BCUT2D eigenvalue weighted by molar-refractivity contribution is -0.166. The minimum Gasteiger partial charge on any atom is -0.492 e. The molecule has 2 N–H and O–H groups in total. The molecule has 3 heterocycles. The quantitative estimate of drug-likeness (QED) is 0.450. The molecule has 0 spiro atoms. The van der Waals surface area contributed by atoms with Crippen molar-refractivity contribution >= 4 is 35.0 Å². The van der Waals surface area contributed by atoms with E-state index in [0.717, 1.165) is 6.33 Å². The van der Waals surface area contributed by atoms with Gasteiger partial charge in [0.1, 0.15) is 19.0 Å². The number of fused-ring (bicyclic) bond motifs is 1. The number of aromatic nitrogens is 4. The first-order valence-electron chi connectivity index (χ1n) is 9.51. The van der Waals surface area contributed by atoms with E-state index < -0.39 is 42.4 Å². The number of imidazole rings is 1. The molecule has 0 aliphatic carbocycles. The molecule has 1 fully saturated rings. The largest absolute Gasteiger partial charge is 0.492 e. The van der Waals surface area contributed by atoms with E-state index >= 15 is 0 Å². The highest BCUT2D eigenvalue weighted by molar-refractivity contribution is 5.79. The summed E-state index contributed by atoms with van der Waals surface area (Å²) < 4.78 is 23.3. The number of anilines is 1. The zero-order valence-corrected chi connectivity index (χ0v) is 17.4. The van der Waals surface area contributed by atoms with Crippen molar-refractivity contribution in [2.75, 3.05) is 18.5 Å². The van der Waals surface area contributed by atoms with Gasteiger partial charge in [-0.1, -0.05) is 0 Å². The normalized spacial score (nSPS) is 22.8. The van der Waals surface area contributed by atoms with E-state index in [4.69, 9.17) is 18.9 Å². The van der Waals surface area contributed by atoms with Gasteiger partial charge in [-0.15, -0.1) is 0 Å². The summed E-state index contributed by atoms with van der Waals surface area (Å²) in [6.07, 6.45) is -3.06. The Morgan fingerprint density at radius 2 is 1.81 bits per heavy atom. The van der Waals surface area contributed by atoms with Gasteiger partial charge in [0.25, 0.3) is 0 Å². The lowest BCUT2D eigenvalue weighted by Crippen LogP contribution is -2.40. The topological polar surface area (TPSA) is 164 Å². The smallest absolute Gasteiger partial charge is 0.303 e. The molecule has 3 rings (SSSR count). The third-order valence-electron chi connectivity index (χ3n) is 4.39. The average Bonchev–Trinajstić information content (AvgIpc) is 3.19. The minimum absolute atomic E-state index is 0.0936. The van der Waals surface area contributed by atoms with Crippen LogP contribution in [0.5, 0.6) is 5.88 Å². The summed E-state index contributed by atoms with van der Waals surface area (Å²) in [5.74, 6) is -1.93. The lowest BCUT2D eigenvalue weighted by Gasteiger charge is -2.24. The maximum atomic E-state index is 11.8. The average molecular weight is 437 g/mol. The van der Waals surface area contributed by atoms with Crippen LogP contribution in [0, 0.1) is 0 Å². The molecule has 1 saturated heterocycles. The van der Waals surface area contributed by atoms with Gasteiger partial charge in [0.05, 0.1) is 0 Å². The molecule has 0 saturated carbocycles. The number of carbonyl (C=O) groups excluding carboxylic acids is 3. The van der Waals surface area contributed by atoms with Crippen molar-refractivity contribution in [3.8, 4) is 5.88 Å². The molecule has 4 atom stereocenters. The van der Waals surface area contributed by atoms with Crippen LogP contribution in [-0.4, -0.2) is 74.0 Å². The molecule has 0 radical (unpaired) electrons. The van der Waals surface area contributed by atoms with Crippen LogP contribution in [0.15, 0.2) is 6.33 Å². The number of carbonyl (C=O) groups is 3. The Morgan fingerprint density at radius 1 is 1.13 bits per heavy atom. The monoisotopic (exact) mass is 437 g/mol. The van der Waals surface area contributed by atoms with Crippen molar-refractivity contribution in [3.63, 3.8) is 0 Å². The Labute approximate surface area is 176 Å². The molecule has 1 aliphatic rings. The Hall–Kier alpha value is -3.48. The molecule has 168 valence electrons. The van der Waals surface area contributed by atoms with Crippen molar-refractivity contribution in [1.29, 1.82) is 0 Å². The van der Waals surface area contributed by atoms with Gasteiger partial charge in [-0.3, -0.25) is 19.0 Å². The number of nitrogens with one attached hydrogen (secondary N) is 1. The Kier molecular flexibility index (Phi) is 6.53. The van der Waals surface area contributed by atoms with Crippen LogP contribution in [0.4, 0.5) is 5.95 Å². The fraction of sp³-hybridized carbons (Fsp3) is 0.556. The second-order valence-electron chi connectivity index (χ2n) is 6.72. The predicted octanol–water partition coefficient (Wildman–Crippen LogP) is 0.288. The minimum atomic E-state index is -1.12. The third-order valence-corrected chi connectivity index (χ3v) is 4.39. The van der Waals surface area contributed by atoms with E-state index in [-0.39, 0.29) is 29.6 Å². The van der Waals surface area contributed by atoms with Crippen LogP contribution >= 0.6 is 0 Å². The van der Waals surface area contributed by atoms with Gasteiger partial charge < -0.3 is 29.4 Å². The second-order valence-corrected chi connectivity index (χ2v) is 6.72. The van der Waals surface area contributed by atoms with Crippen LogP contribution in [-0.2, 0) is 33.3 Å². The summed E-state index contributed by atoms with van der Waals surface area (Å²) in [6, 6.07) is 0. The van der Waals surface area contributed by atoms with E-state index in [9.17, 15) is 19.5 Å². The Bertz CT molecular complexity index is 993. The van der Waals surface area contributed by atoms with E-state index in [1.807, 2.05) is 6.92 Å². The molecule has 2 aromatic heterocycles. The first-order chi connectivity index (χ1) is 14.7. The maximum Gasteiger partial charge on any atom is 0.303 e. The molecular formula is C18H23N5O8. The molecule has 13 nitrogen and oxygen atoms in total. The summed E-state index contributed by atoms with van der Waals surface area (Å²) in [5.41, 5.74) is 0.288. The van der Waals surface area contributed by atoms with Gasteiger partial charge in [0.15, 0.2) is 29.6 Å². The molecule has 31 heavy (non-hydrogen) atoms. The highest BCUT2D eigenvalue weighted by Crippen LogP contribution is 2.38. The molecule has 0 bridgehead atoms. The van der Waals surface area contributed by atoms with E-state index in [1.54, 1.807) is 0 Å². The van der Waals surface area contributed by atoms with Crippen molar-refractivity contribution < 1.29 is 38.4 Å². The van der Waals surface area contributed by atoms with Crippen LogP contribution in [0.3, 0.4) is 0 Å². The number of nitrogens with zero attached hydrogens (tertiary/aromatic N) is 4. The number of esters is 3. The van der Waals surface area contributed by atoms with Crippen LogP contribution in [0.1, 0.15) is 33.9 Å². The number of hydrogen-bond donors (Lipinski definition) is 2. The number of aromatic hydroxyl groups is 1. The molecule has 0 unspecified atom stereocenters. The van der Waals surface area contributed by atoms with Gasteiger partial charge >= 0.3 is 17.9 Å². The van der Waals surface area contributed by atoms with Gasteiger partial charge in [-0.25, -0.2) is 9.97 Å². The summed E-state index contributed by atoms with van der Waals surface area (Å²) in [7, 11) is 0. The second kappa shape index (κ2) is 9.12. The van der Waals surface area contributed by atoms with Crippen LogP contribution < -0.4 is 5.32 Å². The molecule has 0 aromatic carbocycles. The summed E-state index contributed by atoms with van der Waals surface area (Å²) in [5, 5.41) is 13.1. The van der Waals surface area contributed by atoms with Crippen molar-refractivity contribution in [2.24, 2.45) is 0 Å². The Morgan fingerprint density at radius 3 is 2.42 bits per heavy atom. The van der Waals surface area contributed by atoms with Gasteiger partial charge in [0.2, 0.25) is 11.8 Å². The van der Waals surface area contributed by atoms with E-state index in [0.29, 0.717) is 6.54 Å². The van der Waals surface area contributed by atoms with E-state index in [2.05, 4.69) is 20.3 Å². The fourth-order valence-corrected chi connectivity index (χ4v) is 3.32. The zero-order chi connectivity index (χ0) is 22.7. The third kappa shape index (κ3) is 4.66. The van der Waals surface area contributed by atoms with E-state index in [1.165, 1.54) is 25.3 Å². The number of ether oxygens (including phenoxy) is 4. The zero-order valence-electron chi connectivity index (χ0n) is 17.4. The number of rotatable bonds is 7. The highest BCUT2D eigenvalue weighted by Gasteiger charge is 2.51. The predicted molar refractivity (Wildman–Crippen MR) is 103 cm³/mol. The molecule has 1 aliphatic heterocycles. The fourth-order valence-electron chi connectivity index (χ4n) is 3.32. The highest BCUT2D eigenvalue weighted by atomic mass is 16.7. The summed E-state index contributed by atoms with van der Waals surface area (Å²) >= 11 is 0. The molecule has 2 aromatic rings. The van der Waals surface area contributed by atoms with Gasteiger partial charge in [-0.05, 0) is 6.92 Å². The van der Waals surface area contributed by atoms with Crippen LogP contribution in [0.2, 0.25) is 0 Å². The van der Waals surface area contributed by atoms with Crippen LogP contribution in [0.25, 0.3) is 11.2 Å². The first-order valence-corrected chi connectivity index (χ1v) is 9.51. The first kappa shape index (κ1) is 22.2. The lowest BCUT2D eigenvalue weighted by atomic mass is 10.1. The standard InChI is InChI=1S/C18H23N5O8/c1-5-19-18-22-12-15(20-7-21-16(12)27)23(18)17-14(30-10(4)26)13(29-9(3)25)11(31-17)6-28-8(2)24/h7,11,13-14,17H,5-6H2,1-4H3,(H,19,22)(H,20,21,27)/t11-,13-,14-,17-/m1/s1. The number of hydrogen-bond acceptors (Lipinski definition) is 12. The molecule has 0 amide bonds. The van der Waals surface area contributed by atoms with Crippen molar-refractivity contribution in [3.05, 3.63) is 6.33 Å². The van der Waals surface area contributed by atoms with Crippen molar-refractivity contribution in [2.45, 2.75) is 52.2 Å². The Balaban J connectivity index is 2.11. The molecule has 13 heteroatoms. The SMILES string of the molecule is CCNc1nc2c(O)ncnc2n1[C@@H]1O[C@H](COC(C)=O)[C@@H](OC(C)=O)[C@H]1OC(C)=O. The summed E-state index contributed by atoms with van der Waals surface area (Å²) in [6.45, 7) is 5.68.